The van der Waals surface area contributed by atoms with Crippen molar-refractivity contribution >= 4 is 11.8 Å². The third kappa shape index (κ3) is 2.94. The summed E-state index contributed by atoms with van der Waals surface area (Å²) in [6.07, 6.45) is 1.94. The molecular formula is C17H15N3OS. The molecule has 0 fully saturated rings. The van der Waals surface area contributed by atoms with Gasteiger partial charge in [0.05, 0.1) is 7.11 Å². The van der Waals surface area contributed by atoms with Gasteiger partial charge in [0.2, 0.25) is 5.16 Å². The molecule has 0 saturated carbocycles. The SMILES string of the molecule is COc1ccc(-c2nnc(SC)nc2-c2ccccc2)cc1. The number of thioether (sulfide) groups is 1. The lowest BCUT2D eigenvalue weighted by Gasteiger charge is -2.09. The van der Waals surface area contributed by atoms with E-state index in [0.29, 0.717) is 5.16 Å². The van der Waals surface area contributed by atoms with E-state index < -0.39 is 0 Å². The standard InChI is InChI=1S/C17H15N3OS/c1-21-14-10-8-13(9-11-14)16-15(12-6-4-3-5-7-12)18-17(22-2)20-19-16/h3-11H,1-2H3. The minimum atomic E-state index is 0.663. The highest BCUT2D eigenvalue weighted by Gasteiger charge is 2.13. The maximum absolute atomic E-state index is 5.20. The molecule has 3 aromatic rings. The van der Waals surface area contributed by atoms with Crippen molar-refractivity contribution in [3.63, 3.8) is 0 Å². The van der Waals surface area contributed by atoms with Gasteiger partial charge in [-0.25, -0.2) is 4.98 Å². The van der Waals surface area contributed by atoms with E-state index >= 15 is 0 Å². The quantitative estimate of drug-likeness (QED) is 0.683. The Morgan fingerprint density at radius 2 is 1.50 bits per heavy atom. The van der Waals surface area contributed by atoms with Gasteiger partial charge < -0.3 is 4.74 Å². The molecule has 1 aromatic heterocycles. The van der Waals surface area contributed by atoms with Crippen molar-refractivity contribution in [3.8, 4) is 28.3 Å². The maximum atomic E-state index is 5.20. The van der Waals surface area contributed by atoms with Crippen molar-refractivity contribution in [3.05, 3.63) is 54.6 Å². The number of ether oxygens (including phenoxy) is 1. The van der Waals surface area contributed by atoms with Crippen LogP contribution >= 0.6 is 11.8 Å². The second-order valence-electron chi connectivity index (χ2n) is 4.59. The van der Waals surface area contributed by atoms with Gasteiger partial charge in [0, 0.05) is 11.1 Å². The van der Waals surface area contributed by atoms with E-state index in [9.17, 15) is 0 Å². The molecule has 0 N–H and O–H groups in total. The van der Waals surface area contributed by atoms with Crippen molar-refractivity contribution in [1.82, 2.24) is 15.2 Å². The number of nitrogens with zero attached hydrogens (tertiary/aromatic N) is 3. The Labute approximate surface area is 133 Å². The monoisotopic (exact) mass is 309 g/mol. The lowest BCUT2D eigenvalue weighted by Crippen LogP contribution is -1.98. The Hall–Kier alpha value is -2.40. The van der Waals surface area contributed by atoms with Crippen LogP contribution in [0.2, 0.25) is 0 Å². The zero-order valence-corrected chi connectivity index (χ0v) is 13.2. The van der Waals surface area contributed by atoms with Crippen LogP contribution in [0.5, 0.6) is 5.75 Å². The van der Waals surface area contributed by atoms with Crippen molar-refractivity contribution in [2.24, 2.45) is 0 Å². The lowest BCUT2D eigenvalue weighted by atomic mass is 10.0. The molecule has 0 aliphatic rings. The zero-order chi connectivity index (χ0) is 15.4. The molecule has 2 aromatic carbocycles. The van der Waals surface area contributed by atoms with Gasteiger partial charge in [-0.1, -0.05) is 42.1 Å². The van der Waals surface area contributed by atoms with Gasteiger partial charge in [-0.3, -0.25) is 0 Å². The number of aromatic nitrogens is 3. The molecule has 110 valence electrons. The van der Waals surface area contributed by atoms with Crippen molar-refractivity contribution in [2.75, 3.05) is 13.4 Å². The molecule has 5 heteroatoms. The fourth-order valence-corrected chi connectivity index (χ4v) is 2.44. The Morgan fingerprint density at radius 3 is 2.14 bits per heavy atom. The van der Waals surface area contributed by atoms with Gasteiger partial charge in [-0.15, -0.1) is 10.2 Å². The van der Waals surface area contributed by atoms with Crippen LogP contribution in [0.4, 0.5) is 0 Å². The minimum absolute atomic E-state index is 0.663. The molecule has 0 bridgehead atoms. The zero-order valence-electron chi connectivity index (χ0n) is 12.4. The average Bonchev–Trinajstić information content (AvgIpc) is 2.62. The third-order valence-electron chi connectivity index (χ3n) is 3.26. The van der Waals surface area contributed by atoms with Gasteiger partial charge in [-0.2, -0.15) is 0 Å². The summed E-state index contributed by atoms with van der Waals surface area (Å²) in [4.78, 5) is 4.64. The van der Waals surface area contributed by atoms with Gasteiger partial charge >= 0.3 is 0 Å². The summed E-state index contributed by atoms with van der Waals surface area (Å²) in [7, 11) is 1.65. The smallest absolute Gasteiger partial charge is 0.209 e. The Bertz CT molecular complexity index is 761. The van der Waals surface area contributed by atoms with Crippen molar-refractivity contribution < 1.29 is 4.74 Å². The molecule has 0 spiro atoms. The van der Waals surface area contributed by atoms with E-state index in [-0.39, 0.29) is 0 Å². The second-order valence-corrected chi connectivity index (χ2v) is 5.36. The minimum Gasteiger partial charge on any atom is -0.497 e. The van der Waals surface area contributed by atoms with Crippen LogP contribution < -0.4 is 4.74 Å². The first-order valence-corrected chi connectivity index (χ1v) is 8.03. The normalized spacial score (nSPS) is 10.5. The fraction of sp³-hybridized carbons (Fsp3) is 0.118. The summed E-state index contributed by atoms with van der Waals surface area (Å²) in [5.41, 5.74) is 3.60. The number of hydrogen-bond donors (Lipinski definition) is 0. The van der Waals surface area contributed by atoms with Gasteiger partial charge in [-0.05, 0) is 30.5 Å². The number of benzene rings is 2. The molecular weight excluding hydrogens is 294 g/mol. The van der Waals surface area contributed by atoms with Crippen LogP contribution in [0.15, 0.2) is 59.8 Å². The van der Waals surface area contributed by atoms with E-state index in [1.54, 1.807) is 7.11 Å². The van der Waals surface area contributed by atoms with E-state index in [1.165, 1.54) is 11.8 Å². The number of methoxy groups -OCH3 is 1. The average molecular weight is 309 g/mol. The Morgan fingerprint density at radius 1 is 0.818 bits per heavy atom. The summed E-state index contributed by atoms with van der Waals surface area (Å²) in [5.74, 6) is 0.812. The molecule has 0 saturated heterocycles. The van der Waals surface area contributed by atoms with Crippen LogP contribution in [-0.2, 0) is 0 Å². The molecule has 0 aliphatic carbocycles. The van der Waals surface area contributed by atoms with Crippen molar-refractivity contribution in [2.45, 2.75) is 5.16 Å². The van der Waals surface area contributed by atoms with E-state index in [0.717, 1.165) is 28.3 Å². The van der Waals surface area contributed by atoms with Crippen LogP contribution in [0.3, 0.4) is 0 Å². The summed E-state index contributed by atoms with van der Waals surface area (Å²) < 4.78 is 5.20. The van der Waals surface area contributed by atoms with Gasteiger partial charge in [0.25, 0.3) is 0 Å². The summed E-state index contributed by atoms with van der Waals surface area (Å²) in [6.45, 7) is 0. The molecule has 1 heterocycles. The largest absolute Gasteiger partial charge is 0.497 e. The number of hydrogen-bond acceptors (Lipinski definition) is 5. The summed E-state index contributed by atoms with van der Waals surface area (Å²) >= 11 is 1.48. The molecule has 0 aliphatic heterocycles. The van der Waals surface area contributed by atoms with Gasteiger partial charge in [0.1, 0.15) is 17.1 Å². The second kappa shape index (κ2) is 6.58. The predicted octanol–water partition coefficient (Wildman–Crippen LogP) is 3.94. The highest BCUT2D eigenvalue weighted by atomic mass is 32.2. The van der Waals surface area contributed by atoms with E-state index in [2.05, 4.69) is 15.2 Å². The predicted molar refractivity (Wildman–Crippen MR) is 89.0 cm³/mol. The highest BCUT2D eigenvalue weighted by Crippen LogP contribution is 2.30. The molecule has 0 amide bonds. The fourth-order valence-electron chi connectivity index (χ4n) is 2.14. The molecule has 0 radical (unpaired) electrons. The lowest BCUT2D eigenvalue weighted by molar-refractivity contribution is 0.415. The molecule has 0 atom stereocenters. The van der Waals surface area contributed by atoms with Crippen LogP contribution in [0.1, 0.15) is 0 Å². The molecule has 3 rings (SSSR count). The molecule has 0 unspecified atom stereocenters. The van der Waals surface area contributed by atoms with Crippen LogP contribution in [0, 0.1) is 0 Å². The highest BCUT2D eigenvalue weighted by molar-refractivity contribution is 7.98. The molecule has 4 nitrogen and oxygen atoms in total. The van der Waals surface area contributed by atoms with E-state index in [1.807, 2.05) is 60.9 Å². The van der Waals surface area contributed by atoms with Gasteiger partial charge in [0.15, 0.2) is 0 Å². The summed E-state index contributed by atoms with van der Waals surface area (Å²) in [5, 5.41) is 9.21. The van der Waals surface area contributed by atoms with Crippen LogP contribution in [-0.4, -0.2) is 28.5 Å². The van der Waals surface area contributed by atoms with Crippen molar-refractivity contribution in [1.29, 1.82) is 0 Å². The van der Waals surface area contributed by atoms with Crippen LogP contribution in [0.25, 0.3) is 22.5 Å². The number of rotatable bonds is 4. The first-order chi connectivity index (χ1) is 10.8. The first-order valence-electron chi connectivity index (χ1n) is 6.80. The Balaban J connectivity index is 2.14. The Kier molecular flexibility index (Phi) is 4.34. The first kappa shape index (κ1) is 14.5. The third-order valence-corrected chi connectivity index (χ3v) is 3.80. The topological polar surface area (TPSA) is 47.9 Å². The summed E-state index contributed by atoms with van der Waals surface area (Å²) in [6, 6.07) is 17.8. The maximum Gasteiger partial charge on any atom is 0.209 e. The molecule has 22 heavy (non-hydrogen) atoms. The van der Waals surface area contributed by atoms with E-state index in [4.69, 9.17) is 4.74 Å².